The predicted molar refractivity (Wildman–Crippen MR) is 78.4 cm³/mol. The lowest BCUT2D eigenvalue weighted by Gasteiger charge is -2.33. The van der Waals surface area contributed by atoms with E-state index in [1.54, 1.807) is 0 Å². The largest absolute Gasteiger partial charge is 0.493 e. The minimum absolute atomic E-state index is 0.458. The number of ether oxygens (including phenoxy) is 1. The molecular formula is C17H25NO. The summed E-state index contributed by atoms with van der Waals surface area (Å²) in [7, 11) is 0. The van der Waals surface area contributed by atoms with Crippen molar-refractivity contribution in [2.45, 2.75) is 45.6 Å². The van der Waals surface area contributed by atoms with Gasteiger partial charge in [-0.1, -0.05) is 38.5 Å². The first-order chi connectivity index (χ1) is 9.24. The Morgan fingerprint density at radius 1 is 1.32 bits per heavy atom. The van der Waals surface area contributed by atoms with Crippen LogP contribution in [-0.2, 0) is 0 Å². The van der Waals surface area contributed by atoms with Gasteiger partial charge in [0.05, 0.1) is 6.61 Å². The highest BCUT2D eigenvalue weighted by molar-refractivity contribution is 5.38. The lowest BCUT2D eigenvalue weighted by Crippen LogP contribution is -2.37. The summed E-state index contributed by atoms with van der Waals surface area (Å²) in [6.07, 6.45) is 5.50. The van der Waals surface area contributed by atoms with Crippen molar-refractivity contribution in [3.05, 3.63) is 29.8 Å². The minimum Gasteiger partial charge on any atom is -0.493 e. The summed E-state index contributed by atoms with van der Waals surface area (Å²) in [5.74, 6) is 1.62. The molecule has 0 saturated heterocycles. The molecule has 1 aromatic rings. The van der Waals surface area contributed by atoms with Crippen molar-refractivity contribution in [3.8, 4) is 5.75 Å². The fraction of sp³-hybridized carbons (Fsp3) is 0.647. The van der Waals surface area contributed by atoms with E-state index in [2.05, 4.69) is 43.4 Å². The molecule has 1 aliphatic carbocycles. The smallest absolute Gasteiger partial charge is 0.124 e. The monoisotopic (exact) mass is 259 g/mol. The molecule has 2 atom stereocenters. The Kier molecular flexibility index (Phi) is 3.53. The summed E-state index contributed by atoms with van der Waals surface area (Å²) >= 11 is 0. The molecule has 104 valence electrons. The molecule has 0 radical (unpaired) electrons. The maximum absolute atomic E-state index is 5.82. The van der Waals surface area contributed by atoms with E-state index in [9.17, 15) is 0 Å². The van der Waals surface area contributed by atoms with Crippen LogP contribution in [0.3, 0.4) is 0 Å². The summed E-state index contributed by atoms with van der Waals surface area (Å²) in [6, 6.07) is 8.94. The van der Waals surface area contributed by atoms with Crippen molar-refractivity contribution in [2.24, 2.45) is 11.3 Å². The normalized spacial score (nSPS) is 27.5. The summed E-state index contributed by atoms with van der Waals surface area (Å²) in [4.78, 5) is 0. The molecule has 2 heteroatoms. The van der Waals surface area contributed by atoms with E-state index in [0.29, 0.717) is 17.4 Å². The maximum atomic E-state index is 5.82. The third-order valence-electron chi connectivity index (χ3n) is 4.76. The third kappa shape index (κ3) is 2.64. The quantitative estimate of drug-likeness (QED) is 0.865. The summed E-state index contributed by atoms with van der Waals surface area (Å²) < 4.78 is 5.82. The van der Waals surface area contributed by atoms with Crippen LogP contribution in [0.1, 0.15) is 51.1 Å². The average Bonchev–Trinajstić information content (AvgIpc) is 3.18. The van der Waals surface area contributed by atoms with E-state index in [4.69, 9.17) is 4.74 Å². The molecule has 1 saturated carbocycles. The fourth-order valence-corrected chi connectivity index (χ4v) is 3.35. The van der Waals surface area contributed by atoms with Gasteiger partial charge in [0.15, 0.2) is 0 Å². The van der Waals surface area contributed by atoms with Gasteiger partial charge in [-0.15, -0.1) is 0 Å². The van der Waals surface area contributed by atoms with Crippen LogP contribution in [0.5, 0.6) is 5.75 Å². The van der Waals surface area contributed by atoms with Crippen molar-refractivity contribution in [1.82, 2.24) is 5.32 Å². The Bertz CT molecular complexity index is 439. The first-order valence-electron chi connectivity index (χ1n) is 7.69. The number of rotatable bonds is 5. The Balaban J connectivity index is 1.70. The molecule has 3 rings (SSSR count). The summed E-state index contributed by atoms with van der Waals surface area (Å²) in [5, 5.41) is 3.84. The lowest BCUT2D eigenvalue weighted by atomic mass is 9.91. The van der Waals surface area contributed by atoms with Crippen LogP contribution in [0.4, 0.5) is 0 Å². The van der Waals surface area contributed by atoms with Gasteiger partial charge in [-0.2, -0.15) is 0 Å². The molecule has 2 nitrogen and oxygen atoms in total. The fourth-order valence-electron chi connectivity index (χ4n) is 3.35. The zero-order chi connectivity index (χ0) is 13.3. The summed E-state index contributed by atoms with van der Waals surface area (Å²) in [6.45, 7) is 6.58. The highest BCUT2D eigenvalue weighted by atomic mass is 16.5. The molecular weight excluding hydrogens is 234 g/mol. The van der Waals surface area contributed by atoms with Crippen molar-refractivity contribution < 1.29 is 4.74 Å². The molecule has 0 spiro atoms. The standard InChI is InChI=1S/C17H25NO/c1-3-8-17(9-10-17)12-18-16-13(2)11-19-15-7-5-4-6-14(15)16/h4-7,13,16,18H,3,8-12H2,1-2H3. The van der Waals surface area contributed by atoms with Crippen LogP contribution in [0, 0.1) is 11.3 Å². The van der Waals surface area contributed by atoms with E-state index in [1.807, 2.05) is 0 Å². The number of hydrogen-bond acceptors (Lipinski definition) is 2. The van der Waals surface area contributed by atoms with Crippen LogP contribution >= 0.6 is 0 Å². The Morgan fingerprint density at radius 2 is 2.11 bits per heavy atom. The Morgan fingerprint density at radius 3 is 2.84 bits per heavy atom. The van der Waals surface area contributed by atoms with Gasteiger partial charge in [0.2, 0.25) is 0 Å². The van der Waals surface area contributed by atoms with E-state index in [1.165, 1.54) is 37.8 Å². The Hall–Kier alpha value is -1.02. The Labute approximate surface area is 116 Å². The molecule has 1 aromatic carbocycles. The van der Waals surface area contributed by atoms with Crippen LogP contribution < -0.4 is 10.1 Å². The van der Waals surface area contributed by atoms with E-state index < -0.39 is 0 Å². The number of hydrogen-bond donors (Lipinski definition) is 1. The molecule has 1 aliphatic heterocycles. The second-order valence-electron chi connectivity index (χ2n) is 6.43. The van der Waals surface area contributed by atoms with Crippen LogP contribution in [-0.4, -0.2) is 13.2 Å². The average molecular weight is 259 g/mol. The molecule has 19 heavy (non-hydrogen) atoms. The van der Waals surface area contributed by atoms with Crippen LogP contribution in [0.2, 0.25) is 0 Å². The molecule has 0 bridgehead atoms. The van der Waals surface area contributed by atoms with Gasteiger partial charge >= 0.3 is 0 Å². The molecule has 1 heterocycles. The number of fused-ring (bicyclic) bond motifs is 1. The molecule has 1 fully saturated rings. The molecule has 1 N–H and O–H groups in total. The van der Waals surface area contributed by atoms with E-state index in [0.717, 1.165) is 12.4 Å². The second-order valence-corrected chi connectivity index (χ2v) is 6.43. The van der Waals surface area contributed by atoms with Crippen LogP contribution in [0.25, 0.3) is 0 Å². The van der Waals surface area contributed by atoms with Crippen molar-refractivity contribution in [1.29, 1.82) is 0 Å². The van der Waals surface area contributed by atoms with Gasteiger partial charge < -0.3 is 10.1 Å². The zero-order valence-electron chi connectivity index (χ0n) is 12.1. The first-order valence-corrected chi connectivity index (χ1v) is 7.69. The third-order valence-corrected chi connectivity index (χ3v) is 4.76. The van der Waals surface area contributed by atoms with Crippen molar-refractivity contribution >= 4 is 0 Å². The van der Waals surface area contributed by atoms with Gasteiger partial charge in [0.1, 0.15) is 5.75 Å². The van der Waals surface area contributed by atoms with Crippen molar-refractivity contribution in [2.75, 3.05) is 13.2 Å². The molecule has 2 unspecified atom stereocenters. The van der Waals surface area contributed by atoms with Crippen LogP contribution in [0.15, 0.2) is 24.3 Å². The van der Waals surface area contributed by atoms with Gasteiger partial charge in [-0.05, 0) is 30.7 Å². The highest BCUT2D eigenvalue weighted by Gasteiger charge is 2.42. The molecule has 0 amide bonds. The van der Waals surface area contributed by atoms with Gasteiger partial charge in [-0.25, -0.2) is 0 Å². The topological polar surface area (TPSA) is 21.3 Å². The highest BCUT2D eigenvalue weighted by Crippen LogP contribution is 2.49. The number of para-hydroxylation sites is 1. The maximum Gasteiger partial charge on any atom is 0.124 e. The van der Waals surface area contributed by atoms with E-state index >= 15 is 0 Å². The lowest BCUT2D eigenvalue weighted by molar-refractivity contribution is 0.182. The van der Waals surface area contributed by atoms with Gasteiger partial charge in [0, 0.05) is 24.1 Å². The van der Waals surface area contributed by atoms with Gasteiger partial charge in [-0.3, -0.25) is 0 Å². The SMILES string of the molecule is CCCC1(CNC2c3ccccc3OCC2C)CC1. The molecule has 0 aromatic heterocycles. The summed E-state index contributed by atoms with van der Waals surface area (Å²) in [5.41, 5.74) is 1.95. The number of benzene rings is 1. The first kappa shape index (κ1) is 13.0. The minimum atomic E-state index is 0.458. The van der Waals surface area contributed by atoms with Gasteiger partial charge in [0.25, 0.3) is 0 Å². The molecule has 2 aliphatic rings. The second kappa shape index (κ2) is 5.16. The van der Waals surface area contributed by atoms with E-state index in [-0.39, 0.29) is 0 Å². The van der Waals surface area contributed by atoms with Crippen molar-refractivity contribution in [3.63, 3.8) is 0 Å². The predicted octanol–water partition coefficient (Wildman–Crippen LogP) is 3.93. The number of nitrogens with one attached hydrogen (secondary N) is 1. The zero-order valence-corrected chi connectivity index (χ0v) is 12.1.